The van der Waals surface area contributed by atoms with Crippen molar-refractivity contribution >= 4 is 21.7 Å². The van der Waals surface area contributed by atoms with E-state index in [-0.39, 0.29) is 10.8 Å². The zero-order chi connectivity index (χ0) is 18.4. The number of ether oxygens (including phenoxy) is 2. The lowest BCUT2D eigenvalue weighted by atomic mass is 10.3. The van der Waals surface area contributed by atoms with Gasteiger partial charge >= 0.3 is 5.97 Å². The van der Waals surface area contributed by atoms with Gasteiger partial charge in [-0.15, -0.1) is 0 Å². The number of carbonyl (C=O) groups excluding carboxylic acids is 1. The van der Waals surface area contributed by atoms with Crippen molar-refractivity contribution in [3.05, 3.63) is 24.3 Å². The molecule has 1 aliphatic rings. The predicted octanol–water partition coefficient (Wildman–Crippen LogP) is -0.672. The lowest BCUT2D eigenvalue weighted by Crippen LogP contribution is -2.50. The second kappa shape index (κ2) is 8.28. The highest BCUT2D eigenvalue weighted by Crippen LogP contribution is 2.19. The van der Waals surface area contributed by atoms with Gasteiger partial charge in [-0.05, 0) is 24.3 Å². The van der Waals surface area contributed by atoms with Crippen LogP contribution in [0.25, 0.3) is 0 Å². The smallest absolute Gasteiger partial charge is 0.336 e. The molecule has 1 aliphatic heterocycles. The minimum Gasteiger partial charge on any atom is -0.497 e. The van der Waals surface area contributed by atoms with Crippen molar-refractivity contribution in [2.45, 2.75) is 10.3 Å². The molecule has 25 heavy (non-hydrogen) atoms. The fourth-order valence-electron chi connectivity index (χ4n) is 2.34. The topological polar surface area (TPSA) is 122 Å². The largest absolute Gasteiger partial charge is 0.497 e. The molecule has 10 heteroatoms. The summed E-state index contributed by atoms with van der Waals surface area (Å²) < 4.78 is 35.1. The molecule has 1 aromatic rings. The number of sulfone groups is 1. The number of hydrogen-bond acceptors (Lipinski definition) is 7. The number of aliphatic carboxylic acids is 1. The van der Waals surface area contributed by atoms with E-state index in [9.17, 15) is 23.1 Å². The predicted molar refractivity (Wildman–Crippen MR) is 87.0 cm³/mol. The first-order valence-corrected chi connectivity index (χ1v) is 9.10. The molecule has 1 atom stereocenters. The maximum absolute atomic E-state index is 12.5. The van der Waals surface area contributed by atoms with Crippen molar-refractivity contribution in [1.29, 1.82) is 0 Å². The average molecular weight is 372 g/mol. The molecular formula is C15H20N2O7S. The number of nitrogens with one attached hydrogen (secondary N) is 1. The Labute approximate surface area is 145 Å². The Hall–Kier alpha value is -2.17. The number of carboxylic acid groups (broad SMARTS) is 1. The van der Waals surface area contributed by atoms with Gasteiger partial charge in [-0.2, -0.15) is 0 Å². The molecule has 9 nitrogen and oxygen atoms in total. The molecule has 0 spiro atoms. The van der Waals surface area contributed by atoms with Crippen molar-refractivity contribution < 1.29 is 32.6 Å². The highest BCUT2D eigenvalue weighted by Gasteiger charge is 2.34. The third-order valence-corrected chi connectivity index (χ3v) is 5.64. The van der Waals surface area contributed by atoms with Crippen LogP contribution in [-0.4, -0.2) is 75.6 Å². The molecular weight excluding hydrogens is 352 g/mol. The Kier molecular flexibility index (Phi) is 6.34. The molecule has 2 N–H and O–H groups in total. The summed E-state index contributed by atoms with van der Waals surface area (Å²) in [4.78, 5) is 24.8. The van der Waals surface area contributed by atoms with Crippen LogP contribution in [0, 0.1) is 0 Å². The van der Waals surface area contributed by atoms with E-state index in [2.05, 4.69) is 5.32 Å². The molecule has 1 saturated heterocycles. The van der Waals surface area contributed by atoms with Crippen LogP contribution in [0.5, 0.6) is 5.75 Å². The summed E-state index contributed by atoms with van der Waals surface area (Å²) in [5.74, 6) is -1.51. The second-order valence-corrected chi connectivity index (χ2v) is 7.35. The molecule has 1 aromatic carbocycles. The Bertz CT molecular complexity index is 712. The fraction of sp³-hybridized carbons (Fsp3) is 0.467. The first kappa shape index (κ1) is 19.2. The van der Waals surface area contributed by atoms with Crippen LogP contribution in [-0.2, 0) is 24.2 Å². The number of morpholine rings is 1. The minimum absolute atomic E-state index is 0.174. The highest BCUT2D eigenvalue weighted by molar-refractivity contribution is 7.92. The summed E-state index contributed by atoms with van der Waals surface area (Å²) >= 11 is 0. The Morgan fingerprint density at radius 2 is 1.88 bits per heavy atom. The van der Waals surface area contributed by atoms with Gasteiger partial charge in [0, 0.05) is 13.1 Å². The van der Waals surface area contributed by atoms with E-state index in [4.69, 9.17) is 9.47 Å². The summed E-state index contributed by atoms with van der Waals surface area (Å²) in [5.41, 5.74) is 0. The molecule has 0 bridgehead atoms. The van der Waals surface area contributed by atoms with Crippen molar-refractivity contribution in [1.82, 2.24) is 10.2 Å². The Morgan fingerprint density at radius 1 is 1.28 bits per heavy atom. The molecule has 1 fully saturated rings. The number of methoxy groups -OCH3 is 1. The fourth-order valence-corrected chi connectivity index (χ4v) is 3.69. The molecule has 1 amide bonds. The van der Waals surface area contributed by atoms with Crippen LogP contribution in [0.15, 0.2) is 29.2 Å². The normalized spacial score (nSPS) is 16.3. The van der Waals surface area contributed by atoms with E-state index < -0.39 is 27.7 Å². The molecule has 1 heterocycles. The second-order valence-electron chi connectivity index (χ2n) is 5.31. The number of nitrogens with zero attached hydrogens (tertiary/aromatic N) is 1. The van der Waals surface area contributed by atoms with E-state index in [0.717, 1.165) is 0 Å². The zero-order valence-electron chi connectivity index (χ0n) is 13.7. The number of rotatable bonds is 7. The van der Waals surface area contributed by atoms with Crippen molar-refractivity contribution in [2.24, 2.45) is 0 Å². The standard InChI is InChI=1S/C15H20N2O7S/c1-23-11-2-4-12(5-3-11)25(21,22)14(15(19)20)16-10-13(18)17-6-8-24-9-7-17/h2-5,14,16H,6-10H2,1H3,(H,19,20). The molecule has 0 aromatic heterocycles. The van der Waals surface area contributed by atoms with Crippen LogP contribution in [0.1, 0.15) is 0 Å². The van der Waals surface area contributed by atoms with Gasteiger partial charge in [-0.25, -0.2) is 13.2 Å². The first-order chi connectivity index (χ1) is 11.9. The van der Waals surface area contributed by atoms with Gasteiger partial charge in [-0.1, -0.05) is 0 Å². The van der Waals surface area contributed by atoms with Gasteiger partial charge in [0.2, 0.25) is 21.1 Å². The molecule has 2 rings (SSSR count). The summed E-state index contributed by atoms with van der Waals surface area (Å²) in [6.07, 6.45) is 0. The van der Waals surface area contributed by atoms with E-state index in [1.165, 1.54) is 36.3 Å². The monoisotopic (exact) mass is 372 g/mol. The van der Waals surface area contributed by atoms with E-state index in [0.29, 0.717) is 32.1 Å². The van der Waals surface area contributed by atoms with Gasteiger partial charge in [0.15, 0.2) is 0 Å². The summed E-state index contributed by atoms with van der Waals surface area (Å²) in [6.45, 7) is 1.19. The van der Waals surface area contributed by atoms with E-state index in [1.54, 1.807) is 0 Å². The van der Waals surface area contributed by atoms with E-state index in [1.807, 2.05) is 0 Å². The van der Waals surface area contributed by atoms with Crippen molar-refractivity contribution in [2.75, 3.05) is 40.0 Å². The summed E-state index contributed by atoms with van der Waals surface area (Å²) in [7, 11) is -2.78. The summed E-state index contributed by atoms with van der Waals surface area (Å²) in [6, 6.07) is 5.36. The van der Waals surface area contributed by atoms with Crippen LogP contribution in [0.3, 0.4) is 0 Å². The van der Waals surface area contributed by atoms with Gasteiger partial charge in [0.1, 0.15) is 5.75 Å². The number of carbonyl (C=O) groups is 2. The number of carboxylic acids is 1. The molecule has 138 valence electrons. The lowest BCUT2D eigenvalue weighted by Gasteiger charge is -2.27. The van der Waals surface area contributed by atoms with Crippen LogP contribution >= 0.6 is 0 Å². The summed E-state index contributed by atoms with van der Waals surface area (Å²) in [5, 5.41) is 9.69. The third kappa shape index (κ3) is 4.68. The van der Waals surface area contributed by atoms with Gasteiger partial charge < -0.3 is 19.5 Å². The number of benzene rings is 1. The average Bonchev–Trinajstić information content (AvgIpc) is 2.62. The van der Waals surface area contributed by atoms with Gasteiger partial charge in [0.05, 0.1) is 31.8 Å². The third-order valence-electron chi connectivity index (χ3n) is 3.73. The van der Waals surface area contributed by atoms with Gasteiger partial charge in [0.25, 0.3) is 0 Å². The SMILES string of the molecule is COc1ccc(S(=O)(=O)C(NCC(=O)N2CCOCC2)C(=O)O)cc1. The molecule has 0 aliphatic carbocycles. The Morgan fingerprint density at radius 3 is 2.40 bits per heavy atom. The zero-order valence-corrected chi connectivity index (χ0v) is 14.5. The van der Waals surface area contributed by atoms with Crippen LogP contribution < -0.4 is 10.1 Å². The number of amides is 1. The lowest BCUT2D eigenvalue weighted by molar-refractivity contribution is -0.137. The minimum atomic E-state index is -4.21. The molecule has 0 radical (unpaired) electrons. The number of hydrogen-bond donors (Lipinski definition) is 2. The van der Waals surface area contributed by atoms with Crippen LogP contribution in [0.2, 0.25) is 0 Å². The van der Waals surface area contributed by atoms with Gasteiger partial charge in [-0.3, -0.25) is 10.1 Å². The molecule has 1 unspecified atom stereocenters. The maximum atomic E-state index is 12.5. The van der Waals surface area contributed by atoms with E-state index >= 15 is 0 Å². The van der Waals surface area contributed by atoms with Crippen LogP contribution in [0.4, 0.5) is 0 Å². The highest BCUT2D eigenvalue weighted by atomic mass is 32.2. The Balaban J connectivity index is 2.10. The first-order valence-electron chi connectivity index (χ1n) is 7.56. The molecule has 0 saturated carbocycles. The van der Waals surface area contributed by atoms with Crippen molar-refractivity contribution in [3.8, 4) is 5.75 Å². The maximum Gasteiger partial charge on any atom is 0.336 e. The van der Waals surface area contributed by atoms with Crippen molar-refractivity contribution in [3.63, 3.8) is 0 Å². The quantitative estimate of drug-likeness (QED) is 0.646.